The van der Waals surface area contributed by atoms with Crippen LogP contribution in [-0.4, -0.2) is 60.6 Å². The van der Waals surface area contributed by atoms with Crippen molar-refractivity contribution in [3.63, 3.8) is 0 Å². The number of hydrogen-bond donors (Lipinski definition) is 5. The number of rotatable bonds is 11. The molecular weight excluding hydrogens is 438 g/mol. The summed E-state index contributed by atoms with van der Waals surface area (Å²) >= 11 is 0. The van der Waals surface area contributed by atoms with Crippen LogP contribution in [0.3, 0.4) is 0 Å². The highest BCUT2D eigenvalue weighted by molar-refractivity contribution is 6.03. The van der Waals surface area contributed by atoms with Crippen molar-refractivity contribution in [2.75, 3.05) is 37.5 Å². The summed E-state index contributed by atoms with van der Waals surface area (Å²) in [6.45, 7) is 2.11. The van der Waals surface area contributed by atoms with Crippen molar-refractivity contribution in [2.45, 2.75) is 31.7 Å². The number of ether oxygens (including phenoxy) is 2. The Balaban J connectivity index is 1.52. The van der Waals surface area contributed by atoms with E-state index in [1.807, 2.05) is 6.07 Å². The molecule has 1 aliphatic heterocycles. The van der Waals surface area contributed by atoms with E-state index >= 15 is 0 Å². The molecule has 6 N–H and O–H groups in total. The van der Waals surface area contributed by atoms with E-state index in [0.717, 1.165) is 25.9 Å². The number of aromatic nitrogens is 2. The molecule has 11 nitrogen and oxygen atoms in total. The quantitative estimate of drug-likeness (QED) is 0.312. The lowest BCUT2D eigenvalue weighted by molar-refractivity contribution is -0.117. The SMILES string of the molecule is COc1c(Nc2cc(NC(=O)C3CC3)nnc2C(N)=O)cccc1C(=N)CCN[C@@H]1CCOC1. The van der Waals surface area contributed by atoms with Gasteiger partial charge in [0.15, 0.2) is 17.3 Å². The van der Waals surface area contributed by atoms with Gasteiger partial charge in [0.1, 0.15) is 0 Å². The van der Waals surface area contributed by atoms with Crippen molar-refractivity contribution < 1.29 is 19.1 Å². The molecule has 1 aliphatic carbocycles. The minimum Gasteiger partial charge on any atom is -0.494 e. The number of primary amides is 1. The summed E-state index contributed by atoms with van der Waals surface area (Å²) in [5.74, 6) is -0.230. The van der Waals surface area contributed by atoms with Gasteiger partial charge in [-0.05, 0) is 31.4 Å². The number of carbonyl (C=O) groups is 2. The molecule has 11 heteroatoms. The van der Waals surface area contributed by atoms with Gasteiger partial charge in [0.2, 0.25) is 5.91 Å². The van der Waals surface area contributed by atoms with Crippen molar-refractivity contribution in [1.82, 2.24) is 15.5 Å². The number of nitrogens with zero attached hydrogens (tertiary/aromatic N) is 2. The van der Waals surface area contributed by atoms with Crippen LogP contribution in [0.15, 0.2) is 24.3 Å². The van der Waals surface area contributed by atoms with Gasteiger partial charge in [-0.15, -0.1) is 10.2 Å². The summed E-state index contributed by atoms with van der Waals surface area (Å²) in [5, 5.41) is 25.6. The number of para-hydroxylation sites is 1. The number of nitrogens with two attached hydrogens (primary N) is 1. The van der Waals surface area contributed by atoms with Gasteiger partial charge in [-0.3, -0.25) is 9.59 Å². The van der Waals surface area contributed by atoms with Crippen LogP contribution in [0.5, 0.6) is 5.75 Å². The Hall–Kier alpha value is -3.57. The first kappa shape index (κ1) is 23.6. The van der Waals surface area contributed by atoms with Gasteiger partial charge in [0, 0.05) is 48.9 Å². The topological polar surface area (TPSA) is 164 Å². The lowest BCUT2D eigenvalue weighted by atomic mass is 10.0. The summed E-state index contributed by atoms with van der Waals surface area (Å²) in [6, 6.07) is 7.20. The predicted octanol–water partition coefficient (Wildman–Crippen LogP) is 1.81. The average Bonchev–Trinajstić information content (AvgIpc) is 3.55. The van der Waals surface area contributed by atoms with E-state index in [9.17, 15) is 9.59 Å². The number of methoxy groups -OCH3 is 1. The second-order valence-corrected chi connectivity index (χ2v) is 8.37. The van der Waals surface area contributed by atoms with E-state index < -0.39 is 5.91 Å². The van der Waals surface area contributed by atoms with Crippen molar-refractivity contribution in [2.24, 2.45) is 11.7 Å². The lowest BCUT2D eigenvalue weighted by Gasteiger charge is -2.17. The molecule has 2 aromatic rings. The summed E-state index contributed by atoms with van der Waals surface area (Å²) in [4.78, 5) is 24.0. The maximum absolute atomic E-state index is 12.1. The number of benzene rings is 1. The van der Waals surface area contributed by atoms with Crippen molar-refractivity contribution in [3.05, 3.63) is 35.5 Å². The Labute approximate surface area is 197 Å². The molecule has 0 spiro atoms. The standard InChI is InChI=1S/C23H29N7O4/c1-33-21-15(16(24)7-9-26-14-8-10-34-12-14)3-2-4-17(21)27-18-11-19(28-23(32)13-5-6-13)29-30-20(18)22(25)31/h2-4,11,13-14,24,26H,5-10,12H2,1H3,(H2,25,31)(H2,27,28,29,32)/t14-/m1/s1. The van der Waals surface area contributed by atoms with E-state index in [-0.39, 0.29) is 29.0 Å². The highest BCUT2D eigenvalue weighted by Crippen LogP contribution is 2.34. The summed E-state index contributed by atoms with van der Waals surface area (Å²) < 4.78 is 11.0. The molecule has 0 unspecified atom stereocenters. The van der Waals surface area contributed by atoms with E-state index in [4.69, 9.17) is 20.6 Å². The maximum atomic E-state index is 12.1. The molecule has 1 aromatic carbocycles. The maximum Gasteiger partial charge on any atom is 0.271 e. The molecule has 1 atom stereocenters. The Morgan fingerprint density at radius 3 is 2.74 bits per heavy atom. The van der Waals surface area contributed by atoms with E-state index in [1.165, 1.54) is 13.2 Å². The molecule has 2 amide bonds. The molecule has 2 heterocycles. The number of amides is 2. The smallest absolute Gasteiger partial charge is 0.271 e. The predicted molar refractivity (Wildman–Crippen MR) is 127 cm³/mol. The minimum atomic E-state index is -0.764. The third kappa shape index (κ3) is 5.67. The van der Waals surface area contributed by atoms with E-state index in [1.54, 1.807) is 12.1 Å². The molecule has 1 saturated heterocycles. The second-order valence-electron chi connectivity index (χ2n) is 8.37. The van der Waals surface area contributed by atoms with Gasteiger partial charge in [-0.25, -0.2) is 0 Å². The summed E-state index contributed by atoms with van der Waals surface area (Å²) in [5.41, 5.74) is 7.25. The molecule has 2 aliphatic rings. The van der Waals surface area contributed by atoms with Crippen LogP contribution in [-0.2, 0) is 9.53 Å². The Kier molecular flexibility index (Phi) is 7.33. The van der Waals surface area contributed by atoms with Gasteiger partial charge in [-0.1, -0.05) is 6.07 Å². The first-order valence-electron chi connectivity index (χ1n) is 11.3. The fourth-order valence-electron chi connectivity index (χ4n) is 3.77. The first-order valence-corrected chi connectivity index (χ1v) is 11.3. The average molecular weight is 468 g/mol. The van der Waals surface area contributed by atoms with Crippen molar-refractivity contribution in [1.29, 1.82) is 5.41 Å². The zero-order valence-electron chi connectivity index (χ0n) is 19.0. The van der Waals surface area contributed by atoms with Crippen LogP contribution >= 0.6 is 0 Å². The molecule has 180 valence electrons. The first-order chi connectivity index (χ1) is 16.5. The van der Waals surface area contributed by atoms with Crippen LogP contribution in [0.4, 0.5) is 17.2 Å². The van der Waals surface area contributed by atoms with Gasteiger partial charge in [-0.2, -0.15) is 0 Å². The van der Waals surface area contributed by atoms with Crippen LogP contribution < -0.4 is 26.4 Å². The zero-order chi connectivity index (χ0) is 24.1. The normalized spacial score (nSPS) is 17.3. The summed E-state index contributed by atoms with van der Waals surface area (Å²) in [6.07, 6.45) is 3.19. The number of anilines is 3. The van der Waals surface area contributed by atoms with Gasteiger partial charge in [0.25, 0.3) is 5.91 Å². The fourth-order valence-corrected chi connectivity index (χ4v) is 3.77. The Morgan fingerprint density at radius 2 is 2.06 bits per heavy atom. The second kappa shape index (κ2) is 10.6. The van der Waals surface area contributed by atoms with Gasteiger partial charge < -0.3 is 36.6 Å². The minimum absolute atomic E-state index is 0.00695. The van der Waals surface area contributed by atoms with Crippen molar-refractivity contribution >= 4 is 34.7 Å². The molecule has 1 aromatic heterocycles. The number of hydrogen-bond acceptors (Lipinski definition) is 9. The monoisotopic (exact) mass is 467 g/mol. The number of carbonyl (C=O) groups excluding carboxylic acids is 2. The molecule has 1 saturated carbocycles. The van der Waals surface area contributed by atoms with E-state index in [0.29, 0.717) is 48.3 Å². The highest BCUT2D eigenvalue weighted by Gasteiger charge is 2.30. The molecule has 0 radical (unpaired) electrons. The van der Waals surface area contributed by atoms with Crippen LogP contribution in [0.2, 0.25) is 0 Å². The van der Waals surface area contributed by atoms with Gasteiger partial charge >= 0.3 is 0 Å². The fraction of sp³-hybridized carbons (Fsp3) is 0.435. The molecule has 2 fully saturated rings. The molecule has 34 heavy (non-hydrogen) atoms. The number of nitrogens with one attached hydrogen (secondary N) is 4. The van der Waals surface area contributed by atoms with Gasteiger partial charge in [0.05, 0.1) is 25.1 Å². The third-order valence-corrected chi connectivity index (χ3v) is 5.78. The van der Waals surface area contributed by atoms with Crippen LogP contribution in [0.25, 0.3) is 0 Å². The molecular formula is C23H29N7O4. The molecule has 4 rings (SSSR count). The Morgan fingerprint density at radius 1 is 1.24 bits per heavy atom. The van der Waals surface area contributed by atoms with Crippen LogP contribution in [0.1, 0.15) is 41.7 Å². The third-order valence-electron chi connectivity index (χ3n) is 5.78. The largest absolute Gasteiger partial charge is 0.494 e. The van der Waals surface area contributed by atoms with Crippen molar-refractivity contribution in [3.8, 4) is 5.75 Å². The van der Waals surface area contributed by atoms with Crippen LogP contribution in [0, 0.1) is 11.3 Å². The zero-order valence-corrected chi connectivity index (χ0v) is 19.0. The Bertz CT molecular complexity index is 1080. The summed E-state index contributed by atoms with van der Waals surface area (Å²) in [7, 11) is 1.52. The highest BCUT2D eigenvalue weighted by atomic mass is 16.5. The molecule has 0 bridgehead atoms. The van der Waals surface area contributed by atoms with E-state index in [2.05, 4.69) is 26.1 Å². The lowest BCUT2D eigenvalue weighted by Crippen LogP contribution is -2.31.